The van der Waals surface area contributed by atoms with E-state index in [9.17, 15) is 25.2 Å². The molecule has 9 atom stereocenters. The minimum Gasteiger partial charge on any atom is -0.394 e. The zero-order valence-electron chi connectivity index (χ0n) is 24.5. The van der Waals surface area contributed by atoms with Crippen LogP contribution < -0.4 is 10.6 Å². The number of aliphatic hydroxyl groups excluding tert-OH is 6. The lowest BCUT2D eigenvalue weighted by molar-refractivity contribution is -0.196. The molecule has 0 aliphatic carbocycles. The van der Waals surface area contributed by atoms with Crippen LogP contribution in [-0.2, 0) is 19.0 Å². The van der Waals surface area contributed by atoms with Crippen LogP contribution in [0.25, 0.3) is 0 Å². The highest BCUT2D eigenvalue weighted by Gasteiger charge is 2.41. The molecule has 2 fully saturated rings. The van der Waals surface area contributed by atoms with Crippen LogP contribution in [0.15, 0.2) is 0 Å². The van der Waals surface area contributed by atoms with Crippen LogP contribution in [0.4, 0.5) is 0 Å². The third-order valence-corrected chi connectivity index (χ3v) is 6.26. The molecule has 0 saturated carbocycles. The van der Waals surface area contributed by atoms with Gasteiger partial charge in [0.1, 0.15) is 36.6 Å². The zero-order chi connectivity index (χ0) is 29.8. The Morgan fingerprint density at radius 1 is 0.895 bits per heavy atom. The van der Waals surface area contributed by atoms with Gasteiger partial charge in [-0.3, -0.25) is 4.79 Å². The molecule has 9 unspecified atom stereocenters. The van der Waals surface area contributed by atoms with Gasteiger partial charge in [-0.15, -0.1) is 0 Å². The van der Waals surface area contributed by atoms with Crippen LogP contribution >= 0.6 is 0 Å². The molecule has 0 spiro atoms. The first-order chi connectivity index (χ1) is 18.0. The second-order valence-corrected chi connectivity index (χ2v) is 9.07. The molecular formula is C26H56N2O10. The van der Waals surface area contributed by atoms with Gasteiger partial charge in [-0.25, -0.2) is 0 Å². The lowest BCUT2D eigenvalue weighted by Crippen LogP contribution is -2.61. The first-order valence-electron chi connectivity index (χ1n) is 13.8. The number of hydrogen-bond donors (Lipinski definition) is 8. The molecule has 0 aromatic rings. The Balaban J connectivity index is 0. The topological polar surface area (TPSA) is 190 Å². The summed E-state index contributed by atoms with van der Waals surface area (Å²) in [6.07, 6.45) is -2.16. The largest absolute Gasteiger partial charge is 0.394 e. The summed E-state index contributed by atoms with van der Waals surface area (Å²) in [5.41, 5.74) is 0. The fraction of sp³-hybridized carbons (Fsp3) is 0.962. The lowest BCUT2D eigenvalue weighted by Gasteiger charge is -2.40. The van der Waals surface area contributed by atoms with Gasteiger partial charge in [0.25, 0.3) is 0 Å². The van der Waals surface area contributed by atoms with Crippen molar-refractivity contribution >= 4 is 5.91 Å². The summed E-state index contributed by atoms with van der Waals surface area (Å²) in [5, 5.41) is 61.0. The highest BCUT2D eigenvalue weighted by Crippen LogP contribution is 2.21. The average molecular weight is 557 g/mol. The highest BCUT2D eigenvalue weighted by molar-refractivity contribution is 5.73. The van der Waals surface area contributed by atoms with E-state index in [1.807, 2.05) is 41.5 Å². The molecule has 0 aromatic heterocycles. The molecule has 0 aromatic carbocycles. The van der Waals surface area contributed by atoms with Gasteiger partial charge < -0.3 is 55.5 Å². The molecule has 2 heterocycles. The predicted octanol–water partition coefficient (Wildman–Crippen LogP) is -0.692. The van der Waals surface area contributed by atoms with Crippen molar-refractivity contribution in [3.63, 3.8) is 0 Å². The number of amides is 1. The number of nitrogens with one attached hydrogen (secondary N) is 2. The molecule has 2 aliphatic heterocycles. The van der Waals surface area contributed by atoms with Crippen molar-refractivity contribution in [1.29, 1.82) is 0 Å². The van der Waals surface area contributed by atoms with Gasteiger partial charge in [-0.05, 0) is 33.2 Å². The first kappa shape index (κ1) is 39.2. The fourth-order valence-electron chi connectivity index (χ4n) is 3.53. The van der Waals surface area contributed by atoms with Crippen LogP contribution in [0, 0.1) is 0 Å². The van der Waals surface area contributed by atoms with Crippen molar-refractivity contribution in [2.45, 2.75) is 129 Å². The Kier molecular flexibility index (Phi) is 23.6. The summed E-state index contributed by atoms with van der Waals surface area (Å²) >= 11 is 0. The van der Waals surface area contributed by atoms with Crippen molar-refractivity contribution in [3.05, 3.63) is 0 Å². The summed E-state index contributed by atoms with van der Waals surface area (Å²) in [7, 11) is 1.68. The quantitative estimate of drug-likeness (QED) is 0.179. The van der Waals surface area contributed by atoms with E-state index in [-0.39, 0.29) is 44.0 Å². The number of carbonyl (C=O) groups is 1. The van der Waals surface area contributed by atoms with E-state index < -0.39 is 42.7 Å². The molecule has 38 heavy (non-hydrogen) atoms. The molecule has 0 radical (unpaired) electrons. The Labute approximate surface area is 228 Å². The van der Waals surface area contributed by atoms with Crippen molar-refractivity contribution in [3.8, 4) is 0 Å². The minimum atomic E-state index is -1.01. The second-order valence-electron chi connectivity index (χ2n) is 9.07. The maximum absolute atomic E-state index is 11.0. The molecule has 1 amide bonds. The summed E-state index contributed by atoms with van der Waals surface area (Å²) in [5.74, 6) is -0.229. The summed E-state index contributed by atoms with van der Waals surface area (Å²) in [6.45, 7) is 13.2. The summed E-state index contributed by atoms with van der Waals surface area (Å²) in [6, 6.07) is -0.762. The molecule has 12 heteroatoms. The van der Waals surface area contributed by atoms with Gasteiger partial charge >= 0.3 is 0 Å². The number of hydrogen-bond acceptors (Lipinski definition) is 11. The van der Waals surface area contributed by atoms with E-state index in [0.29, 0.717) is 6.61 Å². The van der Waals surface area contributed by atoms with Crippen LogP contribution in [0.1, 0.15) is 67.7 Å². The highest BCUT2D eigenvalue weighted by atomic mass is 16.6. The summed E-state index contributed by atoms with van der Waals surface area (Å²) < 4.78 is 16.2. The van der Waals surface area contributed by atoms with Crippen LogP contribution in [0.3, 0.4) is 0 Å². The van der Waals surface area contributed by atoms with Gasteiger partial charge in [-0.1, -0.05) is 34.6 Å². The second kappa shape index (κ2) is 22.8. The number of likely N-dealkylation sites (N-methyl/N-ethyl adjacent to an activating group) is 1. The van der Waals surface area contributed by atoms with E-state index in [0.717, 1.165) is 19.3 Å². The minimum absolute atomic E-state index is 0.0432. The number of aliphatic hydroxyl groups is 6. The number of carbonyl (C=O) groups excluding carboxylic acids is 1. The van der Waals surface area contributed by atoms with Crippen LogP contribution in [0.2, 0.25) is 0 Å². The molecule has 2 aliphatic rings. The third kappa shape index (κ3) is 14.5. The van der Waals surface area contributed by atoms with Crippen LogP contribution in [-0.4, -0.2) is 131 Å². The normalized spacial score (nSPS) is 31.4. The number of ether oxygens (including phenoxy) is 3. The van der Waals surface area contributed by atoms with E-state index in [4.69, 9.17) is 24.4 Å². The molecule has 230 valence electrons. The van der Waals surface area contributed by atoms with E-state index in [2.05, 4.69) is 10.6 Å². The maximum atomic E-state index is 11.0. The van der Waals surface area contributed by atoms with Gasteiger partial charge in [0.05, 0.1) is 50.7 Å². The molecular weight excluding hydrogens is 500 g/mol. The standard InChI is InChI=1S/C12H23NO5.C7H15NO4.C5H12O.C2H6/c1-4-7(2)18-12-10(5-14)17-6-9(11(12)16)13-8(3)15;1-8-4-3-12-5(2-9)7(11)6(4)10;1-3-5(6)4-2;1-2/h7,9-12,14,16H,4-6H2,1-3H3,(H,13,15);4-11H,2-3H2,1H3;5-6H,3-4H2,1-2H3;1-2H3. The smallest absolute Gasteiger partial charge is 0.217 e. The maximum Gasteiger partial charge on any atom is 0.217 e. The Morgan fingerprint density at radius 3 is 1.79 bits per heavy atom. The Morgan fingerprint density at radius 2 is 1.39 bits per heavy atom. The van der Waals surface area contributed by atoms with E-state index in [1.165, 1.54) is 6.92 Å². The van der Waals surface area contributed by atoms with E-state index >= 15 is 0 Å². The monoisotopic (exact) mass is 556 g/mol. The SMILES string of the molecule is CC.CCC(C)OC1C(CO)OCC(NC(C)=O)C1O.CCC(O)CC.CNC1COC(CO)C(O)C1O. The van der Waals surface area contributed by atoms with Crippen molar-refractivity contribution in [2.75, 3.05) is 33.5 Å². The van der Waals surface area contributed by atoms with Gasteiger partial charge in [0.2, 0.25) is 5.91 Å². The molecule has 2 rings (SSSR count). The predicted molar refractivity (Wildman–Crippen MR) is 145 cm³/mol. The van der Waals surface area contributed by atoms with Gasteiger partial charge in [0.15, 0.2) is 0 Å². The van der Waals surface area contributed by atoms with Crippen molar-refractivity contribution in [2.24, 2.45) is 0 Å². The number of rotatable bonds is 9. The van der Waals surface area contributed by atoms with E-state index in [1.54, 1.807) is 7.05 Å². The van der Waals surface area contributed by atoms with Gasteiger partial charge in [-0.2, -0.15) is 0 Å². The Bertz CT molecular complexity index is 554. The molecule has 2 saturated heterocycles. The van der Waals surface area contributed by atoms with Gasteiger partial charge in [0, 0.05) is 6.92 Å². The molecule has 12 nitrogen and oxygen atoms in total. The Hall–Kier alpha value is -0.930. The molecule has 0 bridgehead atoms. The third-order valence-electron chi connectivity index (χ3n) is 6.26. The first-order valence-corrected chi connectivity index (χ1v) is 13.8. The van der Waals surface area contributed by atoms with Crippen LogP contribution in [0.5, 0.6) is 0 Å². The average Bonchev–Trinajstić information content (AvgIpc) is 2.93. The summed E-state index contributed by atoms with van der Waals surface area (Å²) in [4.78, 5) is 11.0. The van der Waals surface area contributed by atoms with Crippen molar-refractivity contribution < 1.29 is 49.6 Å². The molecule has 8 N–H and O–H groups in total. The zero-order valence-corrected chi connectivity index (χ0v) is 24.5. The lowest BCUT2D eigenvalue weighted by atomic mass is 9.97. The van der Waals surface area contributed by atoms with Crippen molar-refractivity contribution in [1.82, 2.24) is 10.6 Å². The fourth-order valence-corrected chi connectivity index (χ4v) is 3.53.